The van der Waals surface area contributed by atoms with Crippen molar-refractivity contribution in [1.29, 1.82) is 5.41 Å². The lowest BCUT2D eigenvalue weighted by Gasteiger charge is -2.17. The van der Waals surface area contributed by atoms with Crippen LogP contribution in [0.25, 0.3) is 0 Å². The minimum atomic E-state index is -0.689. The first-order valence-corrected chi connectivity index (χ1v) is 6.68. The normalized spacial score (nSPS) is 11.4. The predicted molar refractivity (Wildman–Crippen MR) is 83.9 cm³/mol. The molecule has 1 aromatic rings. The third-order valence-corrected chi connectivity index (χ3v) is 3.01. The van der Waals surface area contributed by atoms with E-state index in [-0.39, 0.29) is 17.3 Å². The van der Waals surface area contributed by atoms with Crippen LogP contribution in [-0.4, -0.2) is 37.3 Å². The first-order chi connectivity index (χ1) is 10.3. The second kappa shape index (κ2) is 7.87. The van der Waals surface area contributed by atoms with Gasteiger partial charge in [0, 0.05) is 12.2 Å². The van der Waals surface area contributed by atoms with Crippen LogP contribution in [0.1, 0.15) is 23.7 Å². The second-order valence-corrected chi connectivity index (χ2v) is 4.73. The summed E-state index contributed by atoms with van der Waals surface area (Å²) < 4.78 is 5.12. The van der Waals surface area contributed by atoms with E-state index in [1.165, 1.54) is 20.1 Å². The fraction of sp³-hybridized carbons (Fsp3) is 0.357. The number of nitrogens with two attached hydrogens (primary N) is 2. The standard InChI is InChI=1S/C14H21N5O3/c1-8(20)11(5-6-18-14(16)17)19-13(21)10-7-9(15)3-4-12(10)22-2/h3-4,7,11H,5-6,15H2,1-2H3,(H,19,21)(H4,16,17,18)/t11-/m0/s1. The fourth-order valence-electron chi connectivity index (χ4n) is 1.87. The number of nitrogen functional groups attached to an aromatic ring is 1. The van der Waals surface area contributed by atoms with Crippen molar-refractivity contribution in [1.82, 2.24) is 10.6 Å². The molecule has 22 heavy (non-hydrogen) atoms. The van der Waals surface area contributed by atoms with Gasteiger partial charge in [-0.2, -0.15) is 0 Å². The maximum atomic E-state index is 12.3. The molecule has 0 radical (unpaired) electrons. The van der Waals surface area contributed by atoms with Crippen LogP contribution >= 0.6 is 0 Å². The van der Waals surface area contributed by atoms with Gasteiger partial charge in [0.2, 0.25) is 0 Å². The van der Waals surface area contributed by atoms with Gasteiger partial charge in [-0.15, -0.1) is 0 Å². The summed E-state index contributed by atoms with van der Waals surface area (Å²) in [4.78, 5) is 23.9. The number of carbonyl (C=O) groups is 2. The van der Waals surface area contributed by atoms with Crippen LogP contribution in [0.3, 0.4) is 0 Å². The SMILES string of the molecule is COc1ccc(N)cc1C(=O)N[C@@H](CCNC(=N)N)C(C)=O. The highest BCUT2D eigenvalue weighted by atomic mass is 16.5. The number of benzene rings is 1. The number of nitrogens with one attached hydrogen (secondary N) is 3. The molecule has 0 bridgehead atoms. The van der Waals surface area contributed by atoms with Crippen LogP contribution in [0.5, 0.6) is 5.75 Å². The highest BCUT2D eigenvalue weighted by molar-refractivity contribution is 6.00. The van der Waals surface area contributed by atoms with Gasteiger partial charge in [0.25, 0.3) is 5.91 Å². The minimum Gasteiger partial charge on any atom is -0.496 e. The molecule has 0 heterocycles. The molecule has 1 atom stereocenters. The Kier molecular flexibility index (Phi) is 6.18. The third kappa shape index (κ3) is 4.97. The van der Waals surface area contributed by atoms with Crippen molar-refractivity contribution in [2.75, 3.05) is 19.4 Å². The summed E-state index contributed by atoms with van der Waals surface area (Å²) in [5, 5.41) is 12.3. The fourth-order valence-corrected chi connectivity index (χ4v) is 1.87. The Labute approximate surface area is 128 Å². The molecule has 0 saturated heterocycles. The Balaban J connectivity index is 2.81. The summed E-state index contributed by atoms with van der Waals surface area (Å²) in [5.74, 6) is -0.462. The zero-order valence-corrected chi connectivity index (χ0v) is 12.6. The summed E-state index contributed by atoms with van der Waals surface area (Å²) in [6, 6.07) is 4.00. The smallest absolute Gasteiger partial charge is 0.255 e. The highest BCUT2D eigenvalue weighted by Gasteiger charge is 2.20. The molecule has 120 valence electrons. The van der Waals surface area contributed by atoms with Gasteiger partial charge in [0.1, 0.15) is 5.75 Å². The quantitative estimate of drug-likeness (QED) is 0.269. The molecule has 1 rings (SSSR count). The van der Waals surface area contributed by atoms with Crippen molar-refractivity contribution in [3.63, 3.8) is 0 Å². The highest BCUT2D eigenvalue weighted by Crippen LogP contribution is 2.21. The van der Waals surface area contributed by atoms with Gasteiger partial charge in [-0.25, -0.2) is 0 Å². The number of rotatable bonds is 7. The van der Waals surface area contributed by atoms with Crippen molar-refractivity contribution in [3.8, 4) is 5.75 Å². The topological polar surface area (TPSA) is 143 Å². The molecule has 0 aliphatic carbocycles. The molecule has 8 nitrogen and oxygen atoms in total. The number of ether oxygens (including phenoxy) is 1. The molecule has 0 aromatic heterocycles. The lowest BCUT2D eigenvalue weighted by Crippen LogP contribution is -2.43. The third-order valence-electron chi connectivity index (χ3n) is 3.01. The first kappa shape index (κ1) is 17.3. The predicted octanol–water partition coefficient (Wildman–Crippen LogP) is -0.162. The van der Waals surface area contributed by atoms with Crippen molar-refractivity contribution in [2.45, 2.75) is 19.4 Å². The lowest BCUT2D eigenvalue weighted by atomic mass is 10.1. The molecule has 7 N–H and O–H groups in total. The number of hydrogen-bond acceptors (Lipinski definition) is 5. The summed E-state index contributed by atoms with van der Waals surface area (Å²) in [6.45, 7) is 1.68. The van der Waals surface area contributed by atoms with Gasteiger partial charge in [0.05, 0.1) is 18.7 Å². The van der Waals surface area contributed by atoms with E-state index >= 15 is 0 Å². The van der Waals surface area contributed by atoms with Crippen LogP contribution in [0.2, 0.25) is 0 Å². The monoisotopic (exact) mass is 307 g/mol. The number of carbonyl (C=O) groups excluding carboxylic acids is 2. The van der Waals surface area contributed by atoms with E-state index < -0.39 is 11.9 Å². The lowest BCUT2D eigenvalue weighted by molar-refractivity contribution is -0.118. The van der Waals surface area contributed by atoms with Crippen LogP contribution < -0.4 is 26.8 Å². The first-order valence-electron chi connectivity index (χ1n) is 6.68. The number of guanidine groups is 1. The van der Waals surface area contributed by atoms with Crippen LogP contribution in [0, 0.1) is 5.41 Å². The van der Waals surface area contributed by atoms with E-state index in [1.807, 2.05) is 0 Å². The molecule has 1 aromatic carbocycles. The van der Waals surface area contributed by atoms with Crippen molar-refractivity contribution in [3.05, 3.63) is 23.8 Å². The van der Waals surface area contributed by atoms with Crippen LogP contribution in [0.15, 0.2) is 18.2 Å². The number of ketones is 1. The van der Waals surface area contributed by atoms with E-state index in [2.05, 4.69) is 10.6 Å². The van der Waals surface area contributed by atoms with Crippen molar-refractivity contribution in [2.24, 2.45) is 5.73 Å². The molecule has 8 heteroatoms. The second-order valence-electron chi connectivity index (χ2n) is 4.73. The van der Waals surface area contributed by atoms with Crippen molar-refractivity contribution >= 4 is 23.3 Å². The molecule has 0 spiro atoms. The van der Waals surface area contributed by atoms with Gasteiger partial charge < -0.3 is 26.8 Å². The Morgan fingerprint density at radius 3 is 2.64 bits per heavy atom. The maximum Gasteiger partial charge on any atom is 0.255 e. The minimum absolute atomic E-state index is 0.189. The number of Topliss-reactive ketones (excluding diaryl/α,β-unsaturated/α-hetero) is 1. The summed E-state index contributed by atoms with van der Waals surface area (Å²) in [7, 11) is 1.45. The average molecular weight is 307 g/mol. The van der Waals surface area contributed by atoms with Crippen LogP contribution in [-0.2, 0) is 4.79 Å². The van der Waals surface area contributed by atoms with E-state index in [1.54, 1.807) is 12.1 Å². The van der Waals surface area contributed by atoms with Gasteiger partial charge in [-0.05, 0) is 31.5 Å². The van der Waals surface area contributed by atoms with Crippen molar-refractivity contribution < 1.29 is 14.3 Å². The molecule has 0 saturated carbocycles. The molecular weight excluding hydrogens is 286 g/mol. The molecule has 0 aliphatic rings. The Morgan fingerprint density at radius 2 is 2.09 bits per heavy atom. The molecule has 0 unspecified atom stereocenters. The Bertz CT molecular complexity index is 574. The number of methoxy groups -OCH3 is 1. The summed E-state index contributed by atoms with van der Waals surface area (Å²) >= 11 is 0. The van der Waals surface area contributed by atoms with Gasteiger partial charge >= 0.3 is 0 Å². The van der Waals surface area contributed by atoms with Gasteiger partial charge in [-0.1, -0.05) is 0 Å². The molecule has 0 aliphatic heterocycles. The van der Waals surface area contributed by atoms with E-state index in [9.17, 15) is 9.59 Å². The molecule has 0 fully saturated rings. The molecular formula is C14H21N5O3. The zero-order valence-electron chi connectivity index (χ0n) is 12.6. The number of hydrogen-bond donors (Lipinski definition) is 5. The van der Waals surface area contributed by atoms with Gasteiger partial charge in [-0.3, -0.25) is 15.0 Å². The van der Waals surface area contributed by atoms with E-state index in [0.29, 0.717) is 24.4 Å². The summed E-state index contributed by atoms with van der Waals surface area (Å²) in [5.41, 5.74) is 11.5. The molecule has 1 amide bonds. The summed E-state index contributed by atoms with van der Waals surface area (Å²) in [6.07, 6.45) is 0.311. The zero-order chi connectivity index (χ0) is 16.7. The number of amides is 1. The van der Waals surface area contributed by atoms with Gasteiger partial charge in [0.15, 0.2) is 11.7 Å². The Hall–Kier alpha value is -2.77. The van der Waals surface area contributed by atoms with Crippen LogP contribution in [0.4, 0.5) is 5.69 Å². The maximum absolute atomic E-state index is 12.3. The number of anilines is 1. The van der Waals surface area contributed by atoms with E-state index in [0.717, 1.165) is 0 Å². The largest absolute Gasteiger partial charge is 0.496 e. The Morgan fingerprint density at radius 1 is 1.41 bits per heavy atom. The average Bonchev–Trinajstić information content (AvgIpc) is 2.45. The van der Waals surface area contributed by atoms with E-state index in [4.69, 9.17) is 21.6 Å².